The summed E-state index contributed by atoms with van der Waals surface area (Å²) in [6, 6.07) is 3.27. The predicted molar refractivity (Wildman–Crippen MR) is 86.4 cm³/mol. The lowest BCUT2D eigenvalue weighted by Crippen LogP contribution is -2.52. The zero-order valence-corrected chi connectivity index (χ0v) is 13.7. The summed E-state index contributed by atoms with van der Waals surface area (Å²) >= 11 is 0. The van der Waals surface area contributed by atoms with E-state index in [0.717, 1.165) is 31.4 Å². The fraction of sp³-hybridized carbons (Fsp3) is 0.647. The monoisotopic (exact) mass is 330 g/mol. The third-order valence-corrected chi connectivity index (χ3v) is 5.04. The quantitative estimate of drug-likeness (QED) is 0.790. The standard InChI is InChI=1S/C17H22N4O3/c22-15-6-5-14(12-1-2-12)18-21(15)11-16(23)19-7-9-20(10-8-19)17(24)13-3-4-13/h5-6,12-13H,1-4,7-11H2. The molecule has 24 heavy (non-hydrogen) atoms. The maximum atomic E-state index is 12.5. The van der Waals surface area contributed by atoms with Crippen molar-refractivity contribution in [1.29, 1.82) is 0 Å². The van der Waals surface area contributed by atoms with Crippen molar-refractivity contribution in [2.75, 3.05) is 26.2 Å². The van der Waals surface area contributed by atoms with E-state index in [2.05, 4.69) is 5.10 Å². The molecule has 7 heteroatoms. The van der Waals surface area contributed by atoms with Crippen LogP contribution in [0.25, 0.3) is 0 Å². The molecular formula is C17H22N4O3. The molecule has 1 aromatic rings. The molecule has 1 saturated heterocycles. The highest BCUT2D eigenvalue weighted by molar-refractivity contribution is 5.81. The van der Waals surface area contributed by atoms with Crippen LogP contribution < -0.4 is 5.56 Å². The second-order valence-corrected chi connectivity index (χ2v) is 7.01. The van der Waals surface area contributed by atoms with Gasteiger partial charge in [-0.25, -0.2) is 4.68 Å². The van der Waals surface area contributed by atoms with Gasteiger partial charge in [-0.2, -0.15) is 5.10 Å². The molecule has 0 unspecified atom stereocenters. The molecular weight excluding hydrogens is 308 g/mol. The molecule has 4 rings (SSSR count). The number of nitrogens with zero attached hydrogens (tertiary/aromatic N) is 4. The van der Waals surface area contributed by atoms with Crippen LogP contribution in [0.1, 0.15) is 37.3 Å². The summed E-state index contributed by atoms with van der Waals surface area (Å²) in [5.41, 5.74) is 0.664. The van der Waals surface area contributed by atoms with E-state index < -0.39 is 0 Å². The van der Waals surface area contributed by atoms with Gasteiger partial charge in [-0.05, 0) is 31.7 Å². The molecule has 2 saturated carbocycles. The van der Waals surface area contributed by atoms with Crippen molar-refractivity contribution >= 4 is 11.8 Å². The molecule has 0 bridgehead atoms. The lowest BCUT2D eigenvalue weighted by atomic mass is 10.2. The Morgan fingerprint density at radius 1 is 1.00 bits per heavy atom. The van der Waals surface area contributed by atoms with Crippen LogP contribution >= 0.6 is 0 Å². The van der Waals surface area contributed by atoms with E-state index >= 15 is 0 Å². The Hall–Kier alpha value is -2.18. The summed E-state index contributed by atoms with van der Waals surface area (Å²) in [7, 11) is 0. The Morgan fingerprint density at radius 3 is 2.29 bits per heavy atom. The van der Waals surface area contributed by atoms with Crippen molar-refractivity contribution in [3.05, 3.63) is 28.2 Å². The molecule has 3 aliphatic rings. The number of hydrogen-bond donors (Lipinski definition) is 0. The largest absolute Gasteiger partial charge is 0.339 e. The van der Waals surface area contributed by atoms with E-state index in [1.54, 1.807) is 11.0 Å². The van der Waals surface area contributed by atoms with Crippen LogP contribution in [0.5, 0.6) is 0 Å². The zero-order valence-electron chi connectivity index (χ0n) is 13.7. The number of amides is 2. The molecule has 0 atom stereocenters. The smallest absolute Gasteiger partial charge is 0.267 e. The number of hydrogen-bond acceptors (Lipinski definition) is 4. The summed E-state index contributed by atoms with van der Waals surface area (Å²) in [5.74, 6) is 0.803. The molecule has 0 spiro atoms. The molecule has 1 aromatic heterocycles. The van der Waals surface area contributed by atoms with E-state index in [9.17, 15) is 14.4 Å². The van der Waals surface area contributed by atoms with Gasteiger partial charge in [0.15, 0.2) is 0 Å². The van der Waals surface area contributed by atoms with Crippen molar-refractivity contribution in [3.8, 4) is 0 Å². The van der Waals surface area contributed by atoms with Crippen LogP contribution in [-0.2, 0) is 16.1 Å². The SMILES string of the molecule is O=C(Cn1nc(C2CC2)ccc1=O)N1CCN(C(=O)C2CC2)CC1. The summed E-state index contributed by atoms with van der Waals surface area (Å²) in [5, 5.41) is 4.34. The first-order valence-corrected chi connectivity index (χ1v) is 8.76. The first-order valence-electron chi connectivity index (χ1n) is 8.76. The molecule has 1 aliphatic heterocycles. The van der Waals surface area contributed by atoms with Crippen LogP contribution in [0.3, 0.4) is 0 Å². The molecule has 0 radical (unpaired) electrons. The van der Waals surface area contributed by atoms with Crippen molar-refractivity contribution in [2.45, 2.75) is 38.1 Å². The third kappa shape index (κ3) is 3.20. The Bertz CT molecular complexity index is 713. The van der Waals surface area contributed by atoms with Crippen LogP contribution in [0.2, 0.25) is 0 Å². The molecule has 0 N–H and O–H groups in total. The topological polar surface area (TPSA) is 75.5 Å². The molecule has 7 nitrogen and oxygen atoms in total. The minimum atomic E-state index is -0.240. The highest BCUT2D eigenvalue weighted by Gasteiger charge is 2.35. The van der Waals surface area contributed by atoms with E-state index in [1.165, 1.54) is 10.7 Å². The van der Waals surface area contributed by atoms with Gasteiger partial charge < -0.3 is 9.80 Å². The Kier molecular flexibility index (Phi) is 3.86. The van der Waals surface area contributed by atoms with Crippen LogP contribution in [0.4, 0.5) is 0 Å². The van der Waals surface area contributed by atoms with Gasteiger partial charge >= 0.3 is 0 Å². The number of carbonyl (C=O) groups excluding carboxylic acids is 2. The highest BCUT2D eigenvalue weighted by atomic mass is 16.2. The fourth-order valence-electron chi connectivity index (χ4n) is 3.17. The van der Waals surface area contributed by atoms with Gasteiger partial charge in [0.1, 0.15) is 6.54 Å². The second-order valence-electron chi connectivity index (χ2n) is 7.01. The molecule has 128 valence electrons. The summed E-state index contributed by atoms with van der Waals surface area (Å²) in [6.07, 6.45) is 4.22. The Morgan fingerprint density at radius 2 is 1.67 bits per heavy atom. The third-order valence-electron chi connectivity index (χ3n) is 5.04. The minimum absolute atomic E-state index is 0.0179. The van der Waals surface area contributed by atoms with Gasteiger partial charge in [0, 0.05) is 44.1 Å². The van der Waals surface area contributed by atoms with Crippen LogP contribution in [-0.4, -0.2) is 57.6 Å². The summed E-state index contributed by atoms with van der Waals surface area (Å²) in [4.78, 5) is 40.0. The first kappa shape index (κ1) is 15.4. The van der Waals surface area contributed by atoms with Gasteiger partial charge in [0.05, 0.1) is 5.69 Å². The van der Waals surface area contributed by atoms with Crippen molar-refractivity contribution < 1.29 is 9.59 Å². The molecule has 0 aromatic carbocycles. The first-order chi connectivity index (χ1) is 11.6. The number of rotatable bonds is 4. The molecule has 3 fully saturated rings. The lowest BCUT2D eigenvalue weighted by Gasteiger charge is -2.35. The number of piperazine rings is 1. The van der Waals surface area contributed by atoms with Gasteiger partial charge in [0.2, 0.25) is 11.8 Å². The number of aromatic nitrogens is 2. The normalized spacial score (nSPS) is 21.0. The molecule has 2 aliphatic carbocycles. The Balaban J connectivity index is 1.36. The van der Waals surface area contributed by atoms with Crippen LogP contribution in [0.15, 0.2) is 16.9 Å². The van der Waals surface area contributed by atoms with Crippen molar-refractivity contribution in [1.82, 2.24) is 19.6 Å². The van der Waals surface area contributed by atoms with E-state index in [0.29, 0.717) is 32.1 Å². The maximum absolute atomic E-state index is 12.5. The van der Waals surface area contributed by atoms with E-state index in [4.69, 9.17) is 0 Å². The summed E-state index contributed by atoms with van der Waals surface area (Å²) < 4.78 is 1.28. The van der Waals surface area contributed by atoms with Gasteiger partial charge in [0.25, 0.3) is 5.56 Å². The molecule has 2 heterocycles. The second kappa shape index (κ2) is 6.03. The zero-order chi connectivity index (χ0) is 16.7. The van der Waals surface area contributed by atoms with E-state index in [1.807, 2.05) is 4.90 Å². The fourth-order valence-corrected chi connectivity index (χ4v) is 3.17. The summed E-state index contributed by atoms with van der Waals surface area (Å²) in [6.45, 7) is 2.23. The van der Waals surface area contributed by atoms with Gasteiger partial charge in [-0.15, -0.1) is 0 Å². The Labute approximate surface area is 140 Å². The average molecular weight is 330 g/mol. The predicted octanol–water partition coefficient (Wildman–Crippen LogP) is 0.202. The highest BCUT2D eigenvalue weighted by Crippen LogP contribution is 2.38. The van der Waals surface area contributed by atoms with Crippen LogP contribution in [0, 0.1) is 5.92 Å². The minimum Gasteiger partial charge on any atom is -0.339 e. The maximum Gasteiger partial charge on any atom is 0.267 e. The van der Waals surface area contributed by atoms with Gasteiger partial charge in [-0.1, -0.05) is 0 Å². The van der Waals surface area contributed by atoms with E-state index in [-0.39, 0.29) is 29.8 Å². The van der Waals surface area contributed by atoms with Crippen molar-refractivity contribution in [2.24, 2.45) is 5.92 Å². The van der Waals surface area contributed by atoms with Crippen molar-refractivity contribution in [3.63, 3.8) is 0 Å². The molecule has 2 amide bonds. The average Bonchev–Trinajstić information content (AvgIpc) is 3.49. The number of carbonyl (C=O) groups is 2. The lowest BCUT2D eigenvalue weighted by molar-refractivity contribution is -0.140. The van der Waals surface area contributed by atoms with Gasteiger partial charge in [-0.3, -0.25) is 14.4 Å².